The van der Waals surface area contributed by atoms with Crippen molar-refractivity contribution in [1.82, 2.24) is 4.90 Å². The van der Waals surface area contributed by atoms with E-state index in [1.807, 2.05) is 12.1 Å². The van der Waals surface area contributed by atoms with Crippen LogP contribution < -0.4 is 15.2 Å². The van der Waals surface area contributed by atoms with E-state index in [-0.39, 0.29) is 6.10 Å². The highest BCUT2D eigenvalue weighted by atomic mass is 16.5. The molecule has 1 aromatic rings. The molecule has 0 aliphatic carbocycles. The van der Waals surface area contributed by atoms with Gasteiger partial charge >= 0.3 is 0 Å². The average molecular weight is 250 g/mol. The van der Waals surface area contributed by atoms with Crippen LogP contribution in [0.5, 0.6) is 11.5 Å². The fourth-order valence-corrected chi connectivity index (χ4v) is 2.30. The van der Waals surface area contributed by atoms with Crippen LogP contribution in [-0.2, 0) is 6.54 Å². The summed E-state index contributed by atoms with van der Waals surface area (Å²) in [5.74, 6) is 1.85. The van der Waals surface area contributed by atoms with E-state index < -0.39 is 0 Å². The molecule has 2 rings (SSSR count). The molecular weight excluding hydrogens is 228 g/mol. The van der Waals surface area contributed by atoms with Crippen molar-refractivity contribution in [2.24, 2.45) is 5.73 Å². The molecule has 0 radical (unpaired) electrons. The fraction of sp³-hybridized carbons (Fsp3) is 0.571. The summed E-state index contributed by atoms with van der Waals surface area (Å²) in [4.78, 5) is 2.35. The predicted octanol–water partition coefficient (Wildman–Crippen LogP) is 1.63. The van der Waals surface area contributed by atoms with E-state index in [1.54, 1.807) is 7.11 Å². The topological polar surface area (TPSA) is 47.7 Å². The van der Waals surface area contributed by atoms with Gasteiger partial charge in [0.15, 0.2) is 0 Å². The molecule has 1 aromatic carbocycles. The zero-order valence-electron chi connectivity index (χ0n) is 11.2. The van der Waals surface area contributed by atoms with Crippen molar-refractivity contribution in [3.05, 3.63) is 23.8 Å². The Morgan fingerprint density at radius 2 is 2.33 bits per heavy atom. The number of benzene rings is 1. The van der Waals surface area contributed by atoms with Gasteiger partial charge in [-0.15, -0.1) is 0 Å². The molecule has 4 nitrogen and oxygen atoms in total. The van der Waals surface area contributed by atoms with E-state index >= 15 is 0 Å². The highest BCUT2D eigenvalue weighted by molar-refractivity contribution is 5.41. The Bertz CT molecular complexity index is 395. The van der Waals surface area contributed by atoms with E-state index in [0.29, 0.717) is 6.54 Å². The lowest BCUT2D eigenvalue weighted by Crippen LogP contribution is -2.35. The van der Waals surface area contributed by atoms with Gasteiger partial charge in [0.05, 0.1) is 7.11 Å². The van der Waals surface area contributed by atoms with Crippen LogP contribution in [0.2, 0.25) is 0 Å². The smallest absolute Gasteiger partial charge is 0.124 e. The first kappa shape index (κ1) is 13.2. The second-order valence-corrected chi connectivity index (χ2v) is 4.65. The van der Waals surface area contributed by atoms with Crippen molar-refractivity contribution in [3.63, 3.8) is 0 Å². The molecule has 4 heteroatoms. The first-order chi connectivity index (χ1) is 8.76. The van der Waals surface area contributed by atoms with E-state index in [4.69, 9.17) is 15.2 Å². The minimum absolute atomic E-state index is 0.242. The van der Waals surface area contributed by atoms with Crippen LogP contribution in [0.4, 0.5) is 0 Å². The Hall–Kier alpha value is -1.26. The third-order valence-corrected chi connectivity index (χ3v) is 3.32. The molecule has 0 aromatic heterocycles. The van der Waals surface area contributed by atoms with E-state index in [1.165, 1.54) is 5.56 Å². The lowest BCUT2D eigenvalue weighted by atomic mass is 10.2. The molecule has 1 aliphatic rings. The maximum atomic E-state index is 6.04. The molecule has 18 heavy (non-hydrogen) atoms. The summed E-state index contributed by atoms with van der Waals surface area (Å²) < 4.78 is 11.3. The highest BCUT2D eigenvalue weighted by Gasteiger charge is 2.21. The molecule has 1 aliphatic heterocycles. The fourth-order valence-electron chi connectivity index (χ4n) is 2.30. The second-order valence-electron chi connectivity index (χ2n) is 4.65. The highest BCUT2D eigenvalue weighted by Crippen LogP contribution is 2.29. The van der Waals surface area contributed by atoms with E-state index in [9.17, 15) is 0 Å². The van der Waals surface area contributed by atoms with Gasteiger partial charge in [-0.05, 0) is 24.6 Å². The number of rotatable bonds is 4. The van der Waals surface area contributed by atoms with Gasteiger partial charge in [0.25, 0.3) is 0 Å². The van der Waals surface area contributed by atoms with Crippen molar-refractivity contribution >= 4 is 0 Å². The van der Waals surface area contributed by atoms with Crippen molar-refractivity contribution in [1.29, 1.82) is 0 Å². The predicted molar refractivity (Wildman–Crippen MR) is 72.0 cm³/mol. The zero-order chi connectivity index (χ0) is 13.0. The Kier molecular flexibility index (Phi) is 4.44. The first-order valence-corrected chi connectivity index (χ1v) is 6.52. The SMILES string of the molecule is CCC1CN(CCN)Cc2cc(OC)ccc2O1. The Morgan fingerprint density at radius 1 is 1.50 bits per heavy atom. The summed E-state index contributed by atoms with van der Waals surface area (Å²) in [6.07, 6.45) is 1.25. The van der Waals surface area contributed by atoms with Crippen molar-refractivity contribution in [3.8, 4) is 11.5 Å². The molecule has 0 fully saturated rings. The molecule has 1 unspecified atom stereocenters. The van der Waals surface area contributed by atoms with E-state index in [0.717, 1.165) is 37.6 Å². The quantitative estimate of drug-likeness (QED) is 0.882. The van der Waals surface area contributed by atoms with Crippen LogP contribution in [0.25, 0.3) is 0 Å². The van der Waals surface area contributed by atoms with Gasteiger partial charge in [0.1, 0.15) is 17.6 Å². The number of hydrogen-bond acceptors (Lipinski definition) is 4. The summed E-state index contributed by atoms with van der Waals surface area (Å²) in [5, 5.41) is 0. The molecular formula is C14H22N2O2. The van der Waals surface area contributed by atoms with Crippen LogP contribution in [0.1, 0.15) is 18.9 Å². The van der Waals surface area contributed by atoms with Crippen LogP contribution in [0.3, 0.4) is 0 Å². The maximum absolute atomic E-state index is 6.04. The third-order valence-electron chi connectivity index (χ3n) is 3.32. The number of hydrogen-bond donors (Lipinski definition) is 1. The minimum atomic E-state index is 0.242. The summed E-state index contributed by atoms with van der Waals surface area (Å²) in [6, 6.07) is 6.00. The monoisotopic (exact) mass is 250 g/mol. The second kappa shape index (κ2) is 6.07. The van der Waals surface area contributed by atoms with Crippen LogP contribution in [0, 0.1) is 0 Å². The molecule has 0 bridgehead atoms. The molecule has 0 saturated heterocycles. The van der Waals surface area contributed by atoms with Crippen molar-refractivity contribution in [2.45, 2.75) is 26.0 Å². The van der Waals surface area contributed by atoms with Gasteiger partial charge in [0.2, 0.25) is 0 Å². The Labute approximate surface area is 109 Å². The minimum Gasteiger partial charge on any atom is -0.497 e. The zero-order valence-corrected chi connectivity index (χ0v) is 11.2. The average Bonchev–Trinajstić information content (AvgIpc) is 2.56. The molecule has 100 valence electrons. The van der Waals surface area contributed by atoms with Crippen LogP contribution >= 0.6 is 0 Å². The van der Waals surface area contributed by atoms with Crippen LogP contribution in [-0.4, -0.2) is 37.7 Å². The molecule has 0 saturated carbocycles. The largest absolute Gasteiger partial charge is 0.497 e. The number of ether oxygens (including phenoxy) is 2. The van der Waals surface area contributed by atoms with E-state index in [2.05, 4.69) is 17.9 Å². The van der Waals surface area contributed by atoms with Gasteiger partial charge < -0.3 is 15.2 Å². The van der Waals surface area contributed by atoms with Crippen LogP contribution in [0.15, 0.2) is 18.2 Å². The molecule has 2 N–H and O–H groups in total. The van der Waals surface area contributed by atoms with Gasteiger partial charge in [-0.1, -0.05) is 6.92 Å². The summed E-state index contributed by atoms with van der Waals surface area (Å²) in [7, 11) is 1.69. The normalized spacial score (nSPS) is 19.8. The summed E-state index contributed by atoms with van der Waals surface area (Å²) in [6.45, 7) is 5.54. The van der Waals surface area contributed by atoms with Gasteiger partial charge in [-0.2, -0.15) is 0 Å². The maximum Gasteiger partial charge on any atom is 0.124 e. The summed E-state index contributed by atoms with van der Waals surface area (Å²) in [5.41, 5.74) is 6.85. The molecule has 1 atom stereocenters. The molecule has 0 amide bonds. The molecule has 1 heterocycles. The third kappa shape index (κ3) is 2.94. The van der Waals surface area contributed by atoms with Crippen molar-refractivity contribution < 1.29 is 9.47 Å². The standard InChI is InChI=1S/C14H22N2O2/c1-3-12-10-16(7-6-15)9-11-8-13(17-2)4-5-14(11)18-12/h4-5,8,12H,3,6-7,9-10,15H2,1-2H3. The van der Waals surface area contributed by atoms with Gasteiger partial charge in [0, 0.05) is 31.7 Å². The molecule has 0 spiro atoms. The Balaban J connectivity index is 2.25. The lowest BCUT2D eigenvalue weighted by molar-refractivity contribution is 0.145. The number of nitrogens with two attached hydrogens (primary N) is 1. The van der Waals surface area contributed by atoms with Gasteiger partial charge in [-0.25, -0.2) is 0 Å². The first-order valence-electron chi connectivity index (χ1n) is 6.52. The summed E-state index contributed by atoms with van der Waals surface area (Å²) >= 11 is 0. The number of nitrogens with zero attached hydrogens (tertiary/aromatic N) is 1. The Morgan fingerprint density at radius 3 is 3.00 bits per heavy atom. The lowest BCUT2D eigenvalue weighted by Gasteiger charge is -2.22. The van der Waals surface area contributed by atoms with Gasteiger partial charge in [-0.3, -0.25) is 4.90 Å². The number of fused-ring (bicyclic) bond motifs is 1. The number of methoxy groups -OCH3 is 1. The van der Waals surface area contributed by atoms with Crippen molar-refractivity contribution in [2.75, 3.05) is 26.7 Å².